The Morgan fingerprint density at radius 2 is 2.12 bits per heavy atom. The third-order valence-corrected chi connectivity index (χ3v) is 3.56. The number of allylic oxidation sites excluding steroid dienone is 2. The van der Waals surface area contributed by atoms with E-state index in [9.17, 15) is 0 Å². The van der Waals surface area contributed by atoms with E-state index in [1.165, 1.54) is 29.5 Å². The minimum Gasteiger partial charge on any atom is -0.377 e. The second-order valence-electron chi connectivity index (χ2n) is 5.38. The molecule has 17 heavy (non-hydrogen) atoms. The van der Waals surface area contributed by atoms with Crippen molar-refractivity contribution >= 4 is 5.57 Å². The lowest BCUT2D eigenvalue weighted by molar-refractivity contribution is 0.134. The van der Waals surface area contributed by atoms with E-state index in [2.05, 4.69) is 44.2 Å². The molecule has 0 spiro atoms. The molecular formula is C16H22O. The van der Waals surface area contributed by atoms with Gasteiger partial charge in [0.1, 0.15) is 0 Å². The maximum Gasteiger partial charge on any atom is 0.0716 e. The molecular weight excluding hydrogens is 208 g/mol. The molecule has 1 nitrogen and oxygen atoms in total. The van der Waals surface area contributed by atoms with Gasteiger partial charge in [-0.25, -0.2) is 0 Å². The van der Waals surface area contributed by atoms with Crippen LogP contribution in [0.1, 0.15) is 44.7 Å². The van der Waals surface area contributed by atoms with Crippen LogP contribution in [-0.4, -0.2) is 6.61 Å². The van der Waals surface area contributed by atoms with Crippen molar-refractivity contribution in [1.82, 2.24) is 0 Å². The molecule has 0 amide bonds. The highest BCUT2D eigenvalue weighted by molar-refractivity contribution is 5.72. The van der Waals surface area contributed by atoms with Gasteiger partial charge < -0.3 is 4.74 Å². The van der Waals surface area contributed by atoms with Crippen LogP contribution in [0, 0.1) is 5.41 Å². The van der Waals surface area contributed by atoms with Crippen LogP contribution in [-0.2, 0) is 11.3 Å². The van der Waals surface area contributed by atoms with Gasteiger partial charge in [0, 0.05) is 6.61 Å². The molecule has 92 valence electrons. The first-order valence-corrected chi connectivity index (χ1v) is 6.51. The summed E-state index contributed by atoms with van der Waals surface area (Å²) in [5.74, 6) is 0. The first-order valence-electron chi connectivity index (χ1n) is 6.51. The van der Waals surface area contributed by atoms with Gasteiger partial charge in [0.05, 0.1) is 6.61 Å². The van der Waals surface area contributed by atoms with Gasteiger partial charge in [-0.05, 0) is 47.9 Å². The highest BCUT2D eigenvalue weighted by Crippen LogP contribution is 2.43. The summed E-state index contributed by atoms with van der Waals surface area (Å²) in [4.78, 5) is 0. The highest BCUT2D eigenvalue weighted by atomic mass is 16.5. The van der Waals surface area contributed by atoms with Crippen molar-refractivity contribution in [2.24, 2.45) is 5.41 Å². The molecule has 1 aromatic rings. The predicted molar refractivity (Wildman–Crippen MR) is 72.8 cm³/mol. The topological polar surface area (TPSA) is 9.23 Å². The summed E-state index contributed by atoms with van der Waals surface area (Å²) < 4.78 is 5.47. The van der Waals surface area contributed by atoms with Crippen molar-refractivity contribution in [3.8, 4) is 0 Å². The van der Waals surface area contributed by atoms with E-state index in [0.717, 1.165) is 13.2 Å². The van der Waals surface area contributed by atoms with Crippen LogP contribution in [0.15, 0.2) is 30.3 Å². The van der Waals surface area contributed by atoms with Crippen molar-refractivity contribution in [1.29, 1.82) is 0 Å². The van der Waals surface area contributed by atoms with Gasteiger partial charge in [0.25, 0.3) is 0 Å². The number of rotatable bonds is 4. The second kappa shape index (κ2) is 5.05. The SMILES string of the molecule is CCOCc1cccc(C2=CCCC2(C)C)c1. The first-order chi connectivity index (χ1) is 8.13. The highest BCUT2D eigenvalue weighted by Gasteiger charge is 2.27. The predicted octanol–water partition coefficient (Wildman–Crippen LogP) is 4.43. The standard InChI is InChI=1S/C16H22O/c1-4-17-12-13-7-5-8-14(11-13)15-9-6-10-16(15,2)3/h5,7-9,11H,4,6,10,12H2,1-3H3. The van der Waals surface area contributed by atoms with E-state index >= 15 is 0 Å². The monoisotopic (exact) mass is 230 g/mol. The summed E-state index contributed by atoms with van der Waals surface area (Å²) in [5, 5.41) is 0. The zero-order valence-corrected chi connectivity index (χ0v) is 11.1. The fraction of sp³-hybridized carbons (Fsp3) is 0.500. The Morgan fingerprint density at radius 1 is 1.29 bits per heavy atom. The quantitative estimate of drug-likeness (QED) is 0.743. The Bertz CT molecular complexity index is 415. The average Bonchev–Trinajstić information content (AvgIpc) is 2.67. The van der Waals surface area contributed by atoms with Crippen molar-refractivity contribution < 1.29 is 4.74 Å². The van der Waals surface area contributed by atoms with Crippen molar-refractivity contribution in [2.75, 3.05) is 6.61 Å². The summed E-state index contributed by atoms with van der Waals surface area (Å²) in [7, 11) is 0. The fourth-order valence-corrected chi connectivity index (χ4v) is 2.55. The molecule has 0 saturated heterocycles. The molecule has 1 aromatic carbocycles. The van der Waals surface area contributed by atoms with E-state index in [1.807, 2.05) is 6.92 Å². The Kier molecular flexibility index (Phi) is 3.68. The zero-order valence-electron chi connectivity index (χ0n) is 11.1. The molecule has 0 bridgehead atoms. The third kappa shape index (κ3) is 2.78. The number of hydrogen-bond donors (Lipinski definition) is 0. The minimum absolute atomic E-state index is 0.324. The normalized spacial score (nSPS) is 18.2. The van der Waals surface area contributed by atoms with Crippen LogP contribution < -0.4 is 0 Å². The van der Waals surface area contributed by atoms with Crippen LogP contribution in [0.5, 0.6) is 0 Å². The molecule has 0 aromatic heterocycles. The fourth-order valence-electron chi connectivity index (χ4n) is 2.55. The maximum absolute atomic E-state index is 5.47. The second-order valence-corrected chi connectivity index (χ2v) is 5.38. The summed E-state index contributed by atoms with van der Waals surface area (Å²) in [6.45, 7) is 8.20. The van der Waals surface area contributed by atoms with Gasteiger partial charge in [-0.3, -0.25) is 0 Å². The lowest BCUT2D eigenvalue weighted by Crippen LogP contribution is -2.09. The van der Waals surface area contributed by atoms with Crippen LogP contribution in [0.4, 0.5) is 0 Å². The molecule has 0 N–H and O–H groups in total. The zero-order chi connectivity index (χ0) is 12.3. The molecule has 0 radical (unpaired) electrons. The van der Waals surface area contributed by atoms with Crippen LogP contribution in [0.2, 0.25) is 0 Å². The summed E-state index contributed by atoms with van der Waals surface area (Å²) in [6, 6.07) is 8.77. The largest absolute Gasteiger partial charge is 0.377 e. The smallest absolute Gasteiger partial charge is 0.0716 e. The van der Waals surface area contributed by atoms with Gasteiger partial charge in [0.2, 0.25) is 0 Å². The van der Waals surface area contributed by atoms with E-state index < -0.39 is 0 Å². The molecule has 0 fully saturated rings. The maximum atomic E-state index is 5.47. The van der Waals surface area contributed by atoms with Crippen molar-refractivity contribution in [2.45, 2.75) is 40.2 Å². The van der Waals surface area contributed by atoms with Gasteiger partial charge in [0.15, 0.2) is 0 Å². The van der Waals surface area contributed by atoms with Gasteiger partial charge >= 0.3 is 0 Å². The molecule has 2 rings (SSSR count). The van der Waals surface area contributed by atoms with Crippen LogP contribution in [0.3, 0.4) is 0 Å². The average molecular weight is 230 g/mol. The Hall–Kier alpha value is -1.08. The van der Waals surface area contributed by atoms with Gasteiger partial charge in [-0.2, -0.15) is 0 Å². The van der Waals surface area contributed by atoms with Crippen molar-refractivity contribution in [3.63, 3.8) is 0 Å². The van der Waals surface area contributed by atoms with E-state index in [4.69, 9.17) is 4.74 Å². The lowest BCUT2D eigenvalue weighted by atomic mass is 9.82. The Labute approximate surface area is 104 Å². The molecule has 1 aliphatic rings. The number of hydrogen-bond acceptors (Lipinski definition) is 1. The molecule has 1 heteroatoms. The minimum atomic E-state index is 0.324. The molecule has 0 heterocycles. The van der Waals surface area contributed by atoms with E-state index in [-0.39, 0.29) is 0 Å². The van der Waals surface area contributed by atoms with Crippen molar-refractivity contribution in [3.05, 3.63) is 41.5 Å². The van der Waals surface area contributed by atoms with Gasteiger partial charge in [-0.15, -0.1) is 0 Å². The summed E-state index contributed by atoms with van der Waals surface area (Å²) in [5.41, 5.74) is 4.46. The molecule has 0 atom stereocenters. The molecule has 0 aliphatic heterocycles. The Balaban J connectivity index is 2.22. The van der Waals surface area contributed by atoms with Crippen LogP contribution >= 0.6 is 0 Å². The van der Waals surface area contributed by atoms with Gasteiger partial charge in [-0.1, -0.05) is 38.1 Å². The summed E-state index contributed by atoms with van der Waals surface area (Å²) in [6.07, 6.45) is 4.86. The van der Waals surface area contributed by atoms with Crippen LogP contribution in [0.25, 0.3) is 5.57 Å². The Morgan fingerprint density at radius 3 is 2.76 bits per heavy atom. The van der Waals surface area contributed by atoms with E-state index in [0.29, 0.717) is 5.41 Å². The molecule has 0 unspecified atom stereocenters. The first kappa shape index (κ1) is 12.4. The lowest BCUT2D eigenvalue weighted by Gasteiger charge is -2.23. The number of benzene rings is 1. The number of ether oxygens (including phenoxy) is 1. The third-order valence-electron chi connectivity index (χ3n) is 3.56. The van der Waals surface area contributed by atoms with E-state index in [1.54, 1.807) is 0 Å². The molecule has 0 saturated carbocycles. The summed E-state index contributed by atoms with van der Waals surface area (Å²) >= 11 is 0. The molecule has 1 aliphatic carbocycles.